The first-order chi connectivity index (χ1) is 13.0. The molecular formula is C21H17BrCl2FNO. The monoisotopic (exact) mass is 467 g/mol. The predicted molar refractivity (Wildman–Crippen MR) is 112 cm³/mol. The molecule has 0 unspecified atom stereocenters. The molecular weight excluding hydrogens is 452 g/mol. The molecule has 0 radical (unpaired) electrons. The van der Waals surface area contributed by atoms with E-state index in [4.69, 9.17) is 27.9 Å². The molecule has 1 N–H and O–H groups in total. The van der Waals surface area contributed by atoms with E-state index in [-0.39, 0.29) is 5.82 Å². The fourth-order valence-corrected chi connectivity index (χ4v) is 3.29. The molecule has 0 fully saturated rings. The Morgan fingerprint density at radius 1 is 0.852 bits per heavy atom. The minimum Gasteiger partial charge on any atom is -0.489 e. The maximum absolute atomic E-state index is 13.0. The highest BCUT2D eigenvalue weighted by molar-refractivity contribution is 9.10. The van der Waals surface area contributed by atoms with Gasteiger partial charge in [0.05, 0.1) is 10.0 Å². The van der Waals surface area contributed by atoms with Crippen molar-refractivity contribution >= 4 is 39.1 Å². The molecule has 0 saturated carbocycles. The van der Waals surface area contributed by atoms with Gasteiger partial charge in [0.2, 0.25) is 0 Å². The smallest absolute Gasteiger partial charge is 0.124 e. The summed E-state index contributed by atoms with van der Waals surface area (Å²) in [5.74, 6) is 0.555. The van der Waals surface area contributed by atoms with E-state index in [0.29, 0.717) is 29.7 Å². The van der Waals surface area contributed by atoms with Crippen molar-refractivity contribution in [2.24, 2.45) is 0 Å². The van der Waals surface area contributed by atoms with Gasteiger partial charge < -0.3 is 10.1 Å². The molecule has 0 heterocycles. The Labute approximate surface area is 176 Å². The van der Waals surface area contributed by atoms with E-state index in [9.17, 15) is 4.39 Å². The van der Waals surface area contributed by atoms with E-state index in [1.807, 2.05) is 24.3 Å². The molecule has 0 saturated heterocycles. The second-order valence-electron chi connectivity index (χ2n) is 6.02. The van der Waals surface area contributed by atoms with Crippen LogP contribution in [0.25, 0.3) is 0 Å². The van der Waals surface area contributed by atoms with Gasteiger partial charge in [0.15, 0.2) is 0 Å². The molecule has 6 heteroatoms. The van der Waals surface area contributed by atoms with Crippen LogP contribution in [0.3, 0.4) is 0 Å². The van der Waals surface area contributed by atoms with Gasteiger partial charge >= 0.3 is 0 Å². The summed E-state index contributed by atoms with van der Waals surface area (Å²) in [6.45, 7) is 1.65. The van der Waals surface area contributed by atoms with E-state index < -0.39 is 0 Å². The van der Waals surface area contributed by atoms with Gasteiger partial charge in [-0.3, -0.25) is 0 Å². The van der Waals surface area contributed by atoms with E-state index in [1.165, 1.54) is 12.1 Å². The molecule has 0 bridgehead atoms. The third-order valence-electron chi connectivity index (χ3n) is 3.96. The van der Waals surface area contributed by atoms with Crippen molar-refractivity contribution in [1.82, 2.24) is 5.32 Å². The Morgan fingerprint density at radius 3 is 2.33 bits per heavy atom. The largest absolute Gasteiger partial charge is 0.489 e. The van der Waals surface area contributed by atoms with Crippen LogP contribution in [0.2, 0.25) is 10.0 Å². The SMILES string of the molecule is Fc1ccc(CNCc2cc(Br)ccc2OCc2ccc(Cl)c(Cl)c2)cc1. The summed E-state index contributed by atoms with van der Waals surface area (Å²) in [4.78, 5) is 0. The highest BCUT2D eigenvalue weighted by Crippen LogP contribution is 2.26. The molecule has 2 nitrogen and oxygen atoms in total. The Balaban J connectivity index is 1.63. The molecule has 3 aromatic rings. The topological polar surface area (TPSA) is 21.3 Å². The Bertz CT molecular complexity index is 919. The molecule has 0 spiro atoms. The van der Waals surface area contributed by atoms with Crippen LogP contribution in [0.4, 0.5) is 4.39 Å². The lowest BCUT2D eigenvalue weighted by atomic mass is 10.1. The Kier molecular flexibility index (Phi) is 7.13. The van der Waals surface area contributed by atoms with Crippen molar-refractivity contribution in [2.75, 3.05) is 0 Å². The van der Waals surface area contributed by atoms with E-state index in [2.05, 4.69) is 21.2 Å². The van der Waals surface area contributed by atoms with E-state index >= 15 is 0 Å². The molecule has 0 atom stereocenters. The molecule has 27 heavy (non-hydrogen) atoms. The van der Waals surface area contributed by atoms with Crippen LogP contribution in [0.5, 0.6) is 5.75 Å². The zero-order valence-corrected chi connectivity index (χ0v) is 17.4. The third-order valence-corrected chi connectivity index (χ3v) is 5.19. The van der Waals surface area contributed by atoms with Gasteiger partial charge in [-0.1, -0.05) is 57.3 Å². The number of hydrogen-bond acceptors (Lipinski definition) is 2. The van der Waals surface area contributed by atoms with Crippen LogP contribution in [0.15, 0.2) is 65.1 Å². The standard InChI is InChI=1S/C21H17BrCl2FNO/c22-17-4-8-21(27-13-15-3-7-19(23)20(24)9-15)16(10-17)12-26-11-14-1-5-18(25)6-2-14/h1-10,26H,11-13H2. The van der Waals surface area contributed by atoms with Crippen molar-refractivity contribution in [2.45, 2.75) is 19.7 Å². The summed E-state index contributed by atoms with van der Waals surface area (Å²) in [5.41, 5.74) is 2.98. The fraction of sp³-hybridized carbons (Fsp3) is 0.143. The average molecular weight is 469 g/mol. The molecule has 140 valence electrons. The number of rotatable bonds is 7. The van der Waals surface area contributed by atoms with Crippen molar-refractivity contribution < 1.29 is 9.13 Å². The minimum atomic E-state index is -0.233. The molecule has 0 aliphatic rings. The maximum Gasteiger partial charge on any atom is 0.124 e. The summed E-state index contributed by atoms with van der Waals surface area (Å²) in [7, 11) is 0. The number of benzene rings is 3. The van der Waals surface area contributed by atoms with Gasteiger partial charge in [-0.05, 0) is 53.6 Å². The summed E-state index contributed by atoms with van der Waals surface area (Å²) < 4.78 is 19.9. The molecule has 0 amide bonds. The van der Waals surface area contributed by atoms with Crippen molar-refractivity contribution in [1.29, 1.82) is 0 Å². The van der Waals surface area contributed by atoms with Crippen LogP contribution < -0.4 is 10.1 Å². The van der Waals surface area contributed by atoms with E-state index in [0.717, 1.165) is 26.9 Å². The summed E-state index contributed by atoms with van der Waals surface area (Å²) >= 11 is 15.5. The lowest BCUT2D eigenvalue weighted by Crippen LogP contribution is -2.13. The third kappa shape index (κ3) is 5.94. The summed E-state index contributed by atoms with van der Waals surface area (Å²) in [6.07, 6.45) is 0. The zero-order chi connectivity index (χ0) is 19.2. The molecule has 0 aliphatic carbocycles. The van der Waals surface area contributed by atoms with Crippen LogP contribution in [-0.2, 0) is 19.7 Å². The first-order valence-corrected chi connectivity index (χ1v) is 9.86. The molecule has 3 rings (SSSR count). The predicted octanol–water partition coefficient (Wildman–Crippen LogP) is 6.76. The lowest BCUT2D eigenvalue weighted by molar-refractivity contribution is 0.302. The number of nitrogens with one attached hydrogen (secondary N) is 1. The van der Waals surface area contributed by atoms with Crippen LogP contribution in [0, 0.1) is 5.82 Å². The number of hydrogen-bond donors (Lipinski definition) is 1. The summed E-state index contributed by atoms with van der Waals surface area (Å²) in [5, 5.41) is 4.39. The lowest BCUT2D eigenvalue weighted by Gasteiger charge is -2.13. The van der Waals surface area contributed by atoms with Gasteiger partial charge in [-0.25, -0.2) is 4.39 Å². The van der Waals surface area contributed by atoms with Crippen molar-refractivity contribution in [3.05, 3.63) is 97.7 Å². The minimum absolute atomic E-state index is 0.233. The number of ether oxygens (including phenoxy) is 1. The first kappa shape index (κ1) is 20.2. The second-order valence-corrected chi connectivity index (χ2v) is 7.75. The van der Waals surface area contributed by atoms with Gasteiger partial charge in [0, 0.05) is 23.1 Å². The highest BCUT2D eigenvalue weighted by Gasteiger charge is 2.07. The quantitative estimate of drug-likeness (QED) is 0.413. The normalized spacial score (nSPS) is 10.8. The average Bonchev–Trinajstić information content (AvgIpc) is 2.65. The van der Waals surface area contributed by atoms with Crippen LogP contribution in [-0.4, -0.2) is 0 Å². The maximum atomic E-state index is 13.0. The molecule has 3 aromatic carbocycles. The highest BCUT2D eigenvalue weighted by atomic mass is 79.9. The molecule has 0 aliphatic heterocycles. The van der Waals surface area contributed by atoms with Crippen molar-refractivity contribution in [3.63, 3.8) is 0 Å². The van der Waals surface area contributed by atoms with Gasteiger partial charge in [0.25, 0.3) is 0 Å². The Morgan fingerprint density at radius 2 is 1.59 bits per heavy atom. The van der Waals surface area contributed by atoms with Gasteiger partial charge in [-0.15, -0.1) is 0 Å². The Hall–Kier alpha value is -1.59. The van der Waals surface area contributed by atoms with E-state index in [1.54, 1.807) is 24.3 Å². The zero-order valence-electron chi connectivity index (χ0n) is 14.3. The number of halogens is 4. The fourth-order valence-electron chi connectivity index (χ4n) is 2.56. The van der Waals surface area contributed by atoms with Gasteiger partial charge in [0.1, 0.15) is 18.2 Å². The van der Waals surface area contributed by atoms with Crippen molar-refractivity contribution in [3.8, 4) is 5.75 Å². The van der Waals surface area contributed by atoms with Crippen LogP contribution in [0.1, 0.15) is 16.7 Å². The molecule has 0 aromatic heterocycles. The first-order valence-electron chi connectivity index (χ1n) is 8.31. The second kappa shape index (κ2) is 9.56. The van der Waals surface area contributed by atoms with Gasteiger partial charge in [-0.2, -0.15) is 0 Å². The van der Waals surface area contributed by atoms with Crippen LogP contribution >= 0.6 is 39.1 Å². The summed E-state index contributed by atoms with van der Waals surface area (Å²) in [6, 6.07) is 17.8.